The van der Waals surface area contributed by atoms with Gasteiger partial charge in [0.15, 0.2) is 0 Å². The van der Waals surface area contributed by atoms with Gasteiger partial charge in [0.25, 0.3) is 0 Å². The summed E-state index contributed by atoms with van der Waals surface area (Å²) in [6.45, 7) is 0.807. The molecule has 0 saturated carbocycles. The van der Waals surface area contributed by atoms with Crippen molar-refractivity contribution in [2.45, 2.75) is 13.1 Å². The Balaban J connectivity index is 2.18. The van der Waals surface area contributed by atoms with E-state index in [9.17, 15) is 22.8 Å². The molecule has 0 aromatic heterocycles. The van der Waals surface area contributed by atoms with Crippen molar-refractivity contribution in [3.63, 3.8) is 0 Å². The van der Waals surface area contributed by atoms with Crippen molar-refractivity contribution in [3.05, 3.63) is 60.2 Å². The summed E-state index contributed by atoms with van der Waals surface area (Å²) in [6, 6.07) is 12.9. The number of carbonyl (C=O) groups is 2. The number of alkyl halides is 3. The molecule has 0 saturated heterocycles. The average Bonchev–Trinajstić information content (AvgIpc) is 2.52. The summed E-state index contributed by atoms with van der Waals surface area (Å²) in [5.74, 6) is -1.04. The molecule has 2 aromatic rings. The summed E-state index contributed by atoms with van der Waals surface area (Å²) in [6.07, 6.45) is -4.52. The summed E-state index contributed by atoms with van der Waals surface area (Å²) in [5, 5.41) is 2.59. The molecule has 2 aromatic carbocycles. The fourth-order valence-corrected chi connectivity index (χ4v) is 2.10. The van der Waals surface area contributed by atoms with Crippen LogP contribution in [-0.2, 0) is 15.8 Å². The summed E-state index contributed by atoms with van der Waals surface area (Å²) in [4.78, 5) is 24.8. The molecule has 0 aliphatic heterocycles. The minimum absolute atomic E-state index is 0.0144. The lowest BCUT2D eigenvalue weighted by atomic mass is 10.1. The van der Waals surface area contributed by atoms with Crippen molar-refractivity contribution in [3.8, 4) is 0 Å². The van der Waals surface area contributed by atoms with Gasteiger partial charge in [-0.05, 0) is 30.3 Å². The Labute approximate surface area is 136 Å². The van der Waals surface area contributed by atoms with Crippen LogP contribution in [0.4, 0.5) is 24.5 Å². The summed E-state index contributed by atoms with van der Waals surface area (Å²) < 4.78 is 38.4. The molecule has 0 heterocycles. The Morgan fingerprint density at radius 3 is 2.29 bits per heavy atom. The first kappa shape index (κ1) is 17.5. The summed E-state index contributed by atoms with van der Waals surface area (Å²) in [5.41, 5.74) is -0.328. The van der Waals surface area contributed by atoms with E-state index in [0.29, 0.717) is 5.69 Å². The van der Waals surface area contributed by atoms with Crippen molar-refractivity contribution in [2.24, 2.45) is 0 Å². The number of para-hydroxylation sites is 1. The number of benzene rings is 2. The van der Waals surface area contributed by atoms with E-state index >= 15 is 0 Å². The van der Waals surface area contributed by atoms with Gasteiger partial charge < -0.3 is 10.2 Å². The van der Waals surface area contributed by atoms with E-state index in [2.05, 4.69) is 5.32 Å². The Morgan fingerprint density at radius 2 is 1.71 bits per heavy atom. The topological polar surface area (TPSA) is 49.4 Å². The largest absolute Gasteiger partial charge is 0.416 e. The molecule has 0 aliphatic carbocycles. The number of nitrogens with zero attached hydrogens (tertiary/aromatic N) is 1. The van der Waals surface area contributed by atoms with Gasteiger partial charge in [0.2, 0.25) is 11.8 Å². The summed E-state index contributed by atoms with van der Waals surface area (Å²) in [7, 11) is 0. The van der Waals surface area contributed by atoms with Crippen molar-refractivity contribution in [1.29, 1.82) is 0 Å². The highest BCUT2D eigenvalue weighted by Crippen LogP contribution is 2.31. The molecule has 0 fully saturated rings. The highest BCUT2D eigenvalue weighted by Gasteiger charge is 2.31. The van der Waals surface area contributed by atoms with Gasteiger partial charge in [-0.15, -0.1) is 0 Å². The minimum Gasteiger partial charge on any atom is -0.325 e. The molecular weight excluding hydrogens is 321 g/mol. The lowest BCUT2D eigenvalue weighted by molar-refractivity contribution is -0.137. The lowest BCUT2D eigenvalue weighted by Gasteiger charge is -2.21. The zero-order valence-electron chi connectivity index (χ0n) is 12.8. The number of hydrogen-bond acceptors (Lipinski definition) is 2. The van der Waals surface area contributed by atoms with Gasteiger partial charge in [0, 0.05) is 18.3 Å². The zero-order valence-corrected chi connectivity index (χ0v) is 12.8. The van der Waals surface area contributed by atoms with Crippen LogP contribution in [0.1, 0.15) is 12.5 Å². The molecule has 0 bridgehead atoms. The van der Waals surface area contributed by atoms with Crippen LogP contribution < -0.4 is 10.2 Å². The number of carbonyl (C=O) groups excluding carboxylic acids is 2. The van der Waals surface area contributed by atoms with E-state index in [4.69, 9.17) is 0 Å². The molecule has 0 unspecified atom stereocenters. The SMILES string of the molecule is CC(=O)N(CC(=O)Nc1ccccc1)c1cccc(C(F)(F)F)c1. The number of rotatable bonds is 4. The van der Waals surface area contributed by atoms with Crippen LogP contribution in [-0.4, -0.2) is 18.4 Å². The van der Waals surface area contributed by atoms with Crippen molar-refractivity contribution in [1.82, 2.24) is 0 Å². The standard InChI is InChI=1S/C17H15F3N2O2/c1-12(23)22(11-16(24)21-14-7-3-2-4-8-14)15-9-5-6-13(10-15)17(18,19)20/h2-10H,11H2,1H3,(H,21,24). The molecule has 7 heteroatoms. The van der Waals surface area contributed by atoms with E-state index in [0.717, 1.165) is 17.0 Å². The third-order valence-electron chi connectivity index (χ3n) is 3.22. The van der Waals surface area contributed by atoms with Gasteiger partial charge in [-0.3, -0.25) is 9.59 Å². The van der Waals surface area contributed by atoms with Crippen LogP contribution in [0.5, 0.6) is 0 Å². The maximum atomic E-state index is 12.8. The molecule has 2 amide bonds. The lowest BCUT2D eigenvalue weighted by Crippen LogP contribution is -2.36. The van der Waals surface area contributed by atoms with E-state index in [1.807, 2.05) is 0 Å². The molecule has 0 radical (unpaired) electrons. The van der Waals surface area contributed by atoms with Crippen LogP contribution in [0.15, 0.2) is 54.6 Å². The maximum Gasteiger partial charge on any atom is 0.416 e. The number of nitrogens with one attached hydrogen (secondary N) is 1. The van der Waals surface area contributed by atoms with Gasteiger partial charge in [-0.2, -0.15) is 13.2 Å². The molecule has 0 spiro atoms. The van der Waals surface area contributed by atoms with Crippen molar-refractivity contribution in [2.75, 3.05) is 16.8 Å². The molecule has 126 valence electrons. The maximum absolute atomic E-state index is 12.8. The fraction of sp³-hybridized carbons (Fsp3) is 0.176. The van der Waals surface area contributed by atoms with Gasteiger partial charge in [0.05, 0.1) is 5.56 Å². The Hall–Kier alpha value is -2.83. The van der Waals surface area contributed by atoms with Gasteiger partial charge >= 0.3 is 6.18 Å². The monoisotopic (exact) mass is 336 g/mol. The Kier molecular flexibility index (Phi) is 5.23. The second kappa shape index (κ2) is 7.16. The predicted molar refractivity (Wildman–Crippen MR) is 84.5 cm³/mol. The highest BCUT2D eigenvalue weighted by atomic mass is 19.4. The average molecular weight is 336 g/mol. The predicted octanol–water partition coefficient (Wildman–Crippen LogP) is 3.70. The molecule has 0 atom stereocenters. The quantitative estimate of drug-likeness (QED) is 0.925. The number of amides is 2. The van der Waals surface area contributed by atoms with E-state index in [1.54, 1.807) is 30.3 Å². The number of anilines is 2. The normalized spacial score (nSPS) is 11.0. The molecule has 1 N–H and O–H groups in total. The first-order valence-electron chi connectivity index (χ1n) is 7.07. The molecule has 24 heavy (non-hydrogen) atoms. The minimum atomic E-state index is -4.52. The van der Waals surface area contributed by atoms with E-state index in [1.165, 1.54) is 19.1 Å². The second-order valence-electron chi connectivity index (χ2n) is 5.07. The van der Waals surface area contributed by atoms with Crippen molar-refractivity contribution >= 4 is 23.2 Å². The zero-order chi connectivity index (χ0) is 17.7. The van der Waals surface area contributed by atoms with Crippen molar-refractivity contribution < 1.29 is 22.8 Å². The Morgan fingerprint density at radius 1 is 1.04 bits per heavy atom. The van der Waals surface area contributed by atoms with E-state index < -0.39 is 23.6 Å². The molecular formula is C17H15F3N2O2. The highest BCUT2D eigenvalue weighted by molar-refractivity contribution is 6.01. The number of halogens is 3. The number of hydrogen-bond donors (Lipinski definition) is 1. The first-order chi connectivity index (χ1) is 11.3. The van der Waals surface area contributed by atoms with Gasteiger partial charge in [0.1, 0.15) is 6.54 Å². The third-order valence-corrected chi connectivity index (χ3v) is 3.22. The van der Waals surface area contributed by atoms with Crippen LogP contribution >= 0.6 is 0 Å². The van der Waals surface area contributed by atoms with Crippen LogP contribution in [0, 0.1) is 0 Å². The molecule has 0 aliphatic rings. The van der Waals surface area contributed by atoms with Crippen LogP contribution in [0.3, 0.4) is 0 Å². The smallest absolute Gasteiger partial charge is 0.325 e. The third kappa shape index (κ3) is 4.58. The summed E-state index contributed by atoms with van der Waals surface area (Å²) >= 11 is 0. The second-order valence-corrected chi connectivity index (χ2v) is 5.07. The fourth-order valence-electron chi connectivity index (χ4n) is 2.10. The Bertz CT molecular complexity index is 730. The van der Waals surface area contributed by atoms with Gasteiger partial charge in [-0.1, -0.05) is 24.3 Å². The van der Waals surface area contributed by atoms with Crippen LogP contribution in [0.2, 0.25) is 0 Å². The molecule has 4 nitrogen and oxygen atoms in total. The van der Waals surface area contributed by atoms with Gasteiger partial charge in [-0.25, -0.2) is 0 Å². The first-order valence-corrected chi connectivity index (χ1v) is 7.07. The van der Waals surface area contributed by atoms with Crippen LogP contribution in [0.25, 0.3) is 0 Å². The molecule has 2 rings (SSSR count). The van der Waals surface area contributed by atoms with E-state index in [-0.39, 0.29) is 12.2 Å².